The Morgan fingerprint density at radius 1 is 1.53 bits per heavy atom. The van der Waals surface area contributed by atoms with Crippen LogP contribution in [0, 0.1) is 11.8 Å². The van der Waals surface area contributed by atoms with E-state index < -0.39 is 17.5 Å². The van der Waals surface area contributed by atoms with Crippen molar-refractivity contribution >= 4 is 5.97 Å². The number of carbonyl (C=O) groups is 1. The van der Waals surface area contributed by atoms with Crippen LogP contribution < -0.4 is 0 Å². The molecule has 0 bridgehead atoms. The van der Waals surface area contributed by atoms with E-state index in [1.165, 1.54) is 6.92 Å². The van der Waals surface area contributed by atoms with Gasteiger partial charge in [-0.2, -0.15) is 8.78 Å². The van der Waals surface area contributed by atoms with Gasteiger partial charge in [-0.3, -0.25) is 0 Å². The van der Waals surface area contributed by atoms with Gasteiger partial charge in [-0.05, 0) is 38.0 Å². The Morgan fingerprint density at radius 2 is 2.16 bits per heavy atom. The van der Waals surface area contributed by atoms with Crippen molar-refractivity contribution in [3.05, 3.63) is 0 Å². The van der Waals surface area contributed by atoms with E-state index in [0.717, 1.165) is 12.8 Å². The summed E-state index contributed by atoms with van der Waals surface area (Å²) in [5, 5.41) is 10.2. The van der Waals surface area contributed by atoms with Crippen LogP contribution in [-0.2, 0) is 9.53 Å². The maximum Gasteiger partial charge on any atom is 0.380 e. The first-order valence-electron chi connectivity index (χ1n) is 7.00. The molecule has 0 heterocycles. The van der Waals surface area contributed by atoms with Gasteiger partial charge in [0, 0.05) is 0 Å². The molecule has 0 aromatic rings. The van der Waals surface area contributed by atoms with Gasteiger partial charge in [0.2, 0.25) is 0 Å². The topological polar surface area (TPSA) is 46.5 Å². The maximum atomic E-state index is 14.1. The molecule has 112 valence electrons. The van der Waals surface area contributed by atoms with Crippen LogP contribution >= 0.6 is 0 Å². The van der Waals surface area contributed by atoms with E-state index in [1.54, 1.807) is 0 Å². The quantitative estimate of drug-likeness (QED) is 0.786. The summed E-state index contributed by atoms with van der Waals surface area (Å²) in [6.07, 6.45) is 2.06. The van der Waals surface area contributed by atoms with Crippen molar-refractivity contribution < 1.29 is 23.4 Å². The van der Waals surface area contributed by atoms with Crippen LogP contribution in [0.2, 0.25) is 0 Å². The molecule has 1 saturated carbocycles. The van der Waals surface area contributed by atoms with Crippen LogP contribution in [0.15, 0.2) is 0 Å². The van der Waals surface area contributed by atoms with Gasteiger partial charge in [-0.1, -0.05) is 26.7 Å². The van der Waals surface area contributed by atoms with Gasteiger partial charge in [-0.25, -0.2) is 4.79 Å². The van der Waals surface area contributed by atoms with Gasteiger partial charge >= 0.3 is 11.9 Å². The molecule has 0 radical (unpaired) electrons. The molecule has 3 nitrogen and oxygen atoms in total. The first-order chi connectivity index (χ1) is 8.73. The lowest BCUT2D eigenvalue weighted by Gasteiger charge is -2.40. The summed E-state index contributed by atoms with van der Waals surface area (Å²) in [6.45, 7) is 5.41. The molecular formula is C14H24F2O3. The van der Waals surface area contributed by atoms with Crippen molar-refractivity contribution in [3.63, 3.8) is 0 Å². The number of rotatable bonds is 5. The normalized spacial score (nSPS) is 28.5. The molecule has 1 fully saturated rings. The first-order valence-corrected chi connectivity index (χ1v) is 7.00. The third kappa shape index (κ3) is 3.65. The molecule has 0 spiro atoms. The minimum absolute atomic E-state index is 0.0308. The molecule has 5 heteroatoms. The summed E-state index contributed by atoms with van der Waals surface area (Å²) in [5.74, 6) is -5.00. The molecule has 1 aliphatic carbocycles. The number of halogens is 2. The molecule has 0 saturated heterocycles. The summed E-state index contributed by atoms with van der Waals surface area (Å²) in [6, 6.07) is 0. The molecule has 1 N–H and O–H groups in total. The number of hydrogen-bond donors (Lipinski definition) is 1. The van der Waals surface area contributed by atoms with Gasteiger partial charge < -0.3 is 9.84 Å². The second kappa shape index (κ2) is 6.16. The van der Waals surface area contributed by atoms with Crippen LogP contribution in [0.1, 0.15) is 52.9 Å². The minimum atomic E-state index is -3.82. The van der Waals surface area contributed by atoms with E-state index in [2.05, 4.69) is 4.74 Å². The average molecular weight is 278 g/mol. The van der Waals surface area contributed by atoms with Gasteiger partial charge in [0.15, 0.2) is 0 Å². The summed E-state index contributed by atoms with van der Waals surface area (Å²) in [7, 11) is 0. The zero-order valence-corrected chi connectivity index (χ0v) is 11.9. The average Bonchev–Trinajstić information content (AvgIpc) is 2.28. The highest BCUT2D eigenvalue weighted by atomic mass is 19.3. The Bertz CT molecular complexity index is 318. The second-order valence-electron chi connectivity index (χ2n) is 5.92. The molecule has 2 atom stereocenters. The summed E-state index contributed by atoms with van der Waals surface area (Å²) in [4.78, 5) is 11.4. The third-order valence-corrected chi connectivity index (χ3v) is 3.75. The summed E-state index contributed by atoms with van der Waals surface area (Å²) >= 11 is 0. The van der Waals surface area contributed by atoms with E-state index in [0.29, 0.717) is 12.3 Å². The zero-order valence-electron chi connectivity index (χ0n) is 11.9. The Labute approximate surface area is 113 Å². The lowest BCUT2D eigenvalue weighted by Crippen LogP contribution is -2.56. The number of carbonyl (C=O) groups excluding carboxylic acids is 1. The molecule has 0 amide bonds. The lowest BCUT2D eigenvalue weighted by atomic mass is 9.72. The van der Waals surface area contributed by atoms with E-state index in [-0.39, 0.29) is 25.4 Å². The monoisotopic (exact) mass is 278 g/mol. The number of hydrogen-bond acceptors (Lipinski definition) is 3. The van der Waals surface area contributed by atoms with Gasteiger partial charge in [0.25, 0.3) is 0 Å². The smallest absolute Gasteiger partial charge is 0.380 e. The van der Waals surface area contributed by atoms with Gasteiger partial charge in [0.1, 0.15) is 5.60 Å². The van der Waals surface area contributed by atoms with Crippen molar-refractivity contribution in [2.24, 2.45) is 11.8 Å². The standard InChI is InChI=1S/C14H24F2O3/c1-4-19-12(17)14(15,16)13(18)7-5-6-11(9-13)8-10(2)3/h10-11,18H,4-9H2,1-3H3. The molecule has 1 rings (SSSR count). The van der Waals surface area contributed by atoms with E-state index in [9.17, 15) is 18.7 Å². The highest BCUT2D eigenvalue weighted by Crippen LogP contribution is 2.44. The maximum absolute atomic E-state index is 14.1. The van der Waals surface area contributed by atoms with Crippen molar-refractivity contribution in [2.45, 2.75) is 64.4 Å². The largest absolute Gasteiger partial charge is 0.461 e. The number of aliphatic hydroxyl groups is 1. The molecule has 1 aliphatic rings. The molecule has 0 aliphatic heterocycles. The van der Waals surface area contributed by atoms with Crippen LogP contribution in [0.5, 0.6) is 0 Å². The van der Waals surface area contributed by atoms with Crippen molar-refractivity contribution in [2.75, 3.05) is 6.61 Å². The van der Waals surface area contributed by atoms with E-state index >= 15 is 0 Å². The first kappa shape index (κ1) is 16.3. The molecule has 19 heavy (non-hydrogen) atoms. The fourth-order valence-corrected chi connectivity index (χ4v) is 2.93. The lowest BCUT2D eigenvalue weighted by molar-refractivity contribution is -0.224. The molecule has 0 aromatic heterocycles. The predicted octanol–water partition coefficient (Wildman–Crippen LogP) is 3.15. The van der Waals surface area contributed by atoms with Crippen molar-refractivity contribution in [1.29, 1.82) is 0 Å². The highest BCUT2D eigenvalue weighted by molar-refractivity contribution is 5.79. The fraction of sp³-hybridized carbons (Fsp3) is 0.929. The van der Waals surface area contributed by atoms with Gasteiger partial charge in [-0.15, -0.1) is 0 Å². The van der Waals surface area contributed by atoms with Crippen LogP contribution in [0.3, 0.4) is 0 Å². The Morgan fingerprint density at radius 3 is 2.68 bits per heavy atom. The number of alkyl halides is 2. The van der Waals surface area contributed by atoms with Crippen molar-refractivity contribution in [1.82, 2.24) is 0 Å². The zero-order chi connectivity index (χ0) is 14.7. The van der Waals surface area contributed by atoms with Crippen LogP contribution in [-0.4, -0.2) is 29.2 Å². The highest BCUT2D eigenvalue weighted by Gasteiger charge is 2.60. The summed E-state index contributed by atoms with van der Waals surface area (Å²) in [5.41, 5.74) is -2.25. The SMILES string of the molecule is CCOC(=O)C(F)(F)C1(O)CCCC(CC(C)C)C1. The second-order valence-corrected chi connectivity index (χ2v) is 5.92. The van der Waals surface area contributed by atoms with E-state index in [1.807, 2.05) is 13.8 Å². The van der Waals surface area contributed by atoms with E-state index in [4.69, 9.17) is 0 Å². The fourth-order valence-electron chi connectivity index (χ4n) is 2.93. The minimum Gasteiger partial charge on any atom is -0.461 e. The predicted molar refractivity (Wildman–Crippen MR) is 67.9 cm³/mol. The number of esters is 1. The Kier molecular flexibility index (Phi) is 5.30. The van der Waals surface area contributed by atoms with Gasteiger partial charge in [0.05, 0.1) is 6.61 Å². The van der Waals surface area contributed by atoms with Crippen LogP contribution in [0.4, 0.5) is 8.78 Å². The van der Waals surface area contributed by atoms with Crippen LogP contribution in [0.25, 0.3) is 0 Å². The molecular weight excluding hydrogens is 254 g/mol. The van der Waals surface area contributed by atoms with Crippen molar-refractivity contribution in [3.8, 4) is 0 Å². The molecule has 2 unspecified atom stereocenters. The Balaban J connectivity index is 2.80. The summed E-state index contributed by atoms with van der Waals surface area (Å²) < 4.78 is 32.5. The third-order valence-electron chi connectivity index (χ3n) is 3.75. The number of ether oxygens (including phenoxy) is 1. The Hall–Kier alpha value is -0.710. The molecule has 0 aromatic carbocycles.